The van der Waals surface area contributed by atoms with Gasteiger partial charge in [-0.3, -0.25) is 4.79 Å². The molecule has 0 unspecified atom stereocenters. The van der Waals surface area contributed by atoms with Gasteiger partial charge in [0.05, 0.1) is 5.54 Å². The van der Waals surface area contributed by atoms with Gasteiger partial charge in [-0.25, -0.2) is 0 Å². The first kappa shape index (κ1) is 17.0. The van der Waals surface area contributed by atoms with Crippen LogP contribution in [-0.2, 0) is 16.1 Å². The highest BCUT2D eigenvalue weighted by Gasteiger charge is 2.35. The first-order valence-corrected chi connectivity index (χ1v) is 6.72. The van der Waals surface area contributed by atoms with Crippen molar-refractivity contribution in [3.63, 3.8) is 0 Å². The number of hydrogen-bond donors (Lipinski definition) is 2. The Labute approximate surface area is 126 Å². The van der Waals surface area contributed by atoms with Gasteiger partial charge in [0.1, 0.15) is 0 Å². The Bertz CT molecular complexity index is 471. The Kier molecular flexibility index (Phi) is 5.99. The molecular formula is C15H23ClN2O2. The predicted molar refractivity (Wildman–Crippen MR) is 82.0 cm³/mol. The lowest BCUT2D eigenvalue weighted by Gasteiger charge is -2.31. The van der Waals surface area contributed by atoms with Crippen LogP contribution in [0.4, 0.5) is 0 Å². The summed E-state index contributed by atoms with van der Waals surface area (Å²) in [5.41, 5.74) is 8.93. The number of nitrogens with two attached hydrogens (primary N) is 1. The van der Waals surface area contributed by atoms with Gasteiger partial charge in [0, 0.05) is 19.8 Å². The summed E-state index contributed by atoms with van der Waals surface area (Å²) in [5, 5.41) is 2.95. The summed E-state index contributed by atoms with van der Waals surface area (Å²) in [4.78, 5) is 12.2. The van der Waals surface area contributed by atoms with E-state index in [0.717, 1.165) is 5.56 Å². The molecule has 1 heterocycles. The van der Waals surface area contributed by atoms with E-state index in [2.05, 4.69) is 37.4 Å². The maximum Gasteiger partial charge on any atom is 0.240 e. The molecule has 0 spiro atoms. The fourth-order valence-corrected chi connectivity index (χ4v) is 2.36. The van der Waals surface area contributed by atoms with E-state index in [9.17, 15) is 4.79 Å². The zero-order chi connectivity index (χ0) is 13.9. The maximum atomic E-state index is 12.2. The summed E-state index contributed by atoms with van der Waals surface area (Å²) in [5.74, 6) is -0.0734. The Morgan fingerprint density at radius 3 is 2.60 bits per heavy atom. The Morgan fingerprint density at radius 1 is 1.35 bits per heavy atom. The van der Waals surface area contributed by atoms with Crippen molar-refractivity contribution in [1.82, 2.24) is 5.32 Å². The summed E-state index contributed by atoms with van der Waals surface area (Å²) in [7, 11) is 0. The van der Waals surface area contributed by atoms with Gasteiger partial charge >= 0.3 is 0 Å². The second kappa shape index (κ2) is 7.07. The third-order valence-corrected chi connectivity index (χ3v) is 3.77. The minimum absolute atomic E-state index is 0. The molecule has 1 amide bonds. The van der Waals surface area contributed by atoms with E-state index in [0.29, 0.717) is 32.6 Å². The van der Waals surface area contributed by atoms with Gasteiger partial charge in [0.15, 0.2) is 0 Å². The molecule has 0 radical (unpaired) electrons. The van der Waals surface area contributed by atoms with Crippen molar-refractivity contribution in [2.24, 2.45) is 5.73 Å². The molecule has 1 aromatic carbocycles. The van der Waals surface area contributed by atoms with Gasteiger partial charge in [0.2, 0.25) is 5.91 Å². The minimum Gasteiger partial charge on any atom is -0.381 e. The molecule has 4 nitrogen and oxygen atoms in total. The molecule has 0 bridgehead atoms. The van der Waals surface area contributed by atoms with Gasteiger partial charge in [-0.15, -0.1) is 12.4 Å². The van der Waals surface area contributed by atoms with E-state index in [4.69, 9.17) is 10.5 Å². The maximum absolute atomic E-state index is 12.2. The van der Waals surface area contributed by atoms with E-state index < -0.39 is 5.54 Å². The molecule has 2 rings (SSSR count). The van der Waals surface area contributed by atoms with Crippen molar-refractivity contribution < 1.29 is 9.53 Å². The van der Waals surface area contributed by atoms with Crippen molar-refractivity contribution in [2.75, 3.05) is 13.2 Å². The number of carbonyl (C=O) groups excluding carboxylic acids is 1. The van der Waals surface area contributed by atoms with Crippen molar-refractivity contribution in [2.45, 2.75) is 38.8 Å². The molecule has 0 atom stereocenters. The van der Waals surface area contributed by atoms with Crippen molar-refractivity contribution >= 4 is 18.3 Å². The molecule has 0 aliphatic carbocycles. The number of halogens is 1. The summed E-state index contributed by atoms with van der Waals surface area (Å²) < 4.78 is 5.25. The topological polar surface area (TPSA) is 64.4 Å². The van der Waals surface area contributed by atoms with Crippen LogP contribution in [0.2, 0.25) is 0 Å². The molecule has 1 saturated heterocycles. The molecule has 1 fully saturated rings. The third-order valence-electron chi connectivity index (χ3n) is 3.77. The second-order valence-corrected chi connectivity index (χ2v) is 5.38. The molecule has 0 saturated carbocycles. The van der Waals surface area contributed by atoms with Crippen molar-refractivity contribution in [3.05, 3.63) is 34.9 Å². The van der Waals surface area contributed by atoms with Gasteiger partial charge in [-0.2, -0.15) is 0 Å². The van der Waals surface area contributed by atoms with Gasteiger partial charge in [-0.05, 0) is 37.8 Å². The molecule has 3 N–H and O–H groups in total. The highest BCUT2D eigenvalue weighted by Crippen LogP contribution is 2.18. The average Bonchev–Trinajstić information content (AvgIpc) is 2.38. The Morgan fingerprint density at radius 2 is 2.00 bits per heavy atom. The van der Waals surface area contributed by atoms with E-state index in [1.165, 1.54) is 11.1 Å². The normalized spacial score (nSPS) is 17.1. The smallest absolute Gasteiger partial charge is 0.240 e. The third kappa shape index (κ3) is 3.95. The fourth-order valence-electron chi connectivity index (χ4n) is 2.36. The lowest BCUT2D eigenvalue weighted by atomic mass is 9.90. The van der Waals surface area contributed by atoms with Crippen LogP contribution < -0.4 is 11.1 Å². The number of nitrogens with one attached hydrogen (secondary N) is 1. The minimum atomic E-state index is -0.767. The Hall–Kier alpha value is -1.10. The highest BCUT2D eigenvalue weighted by atomic mass is 35.5. The first-order chi connectivity index (χ1) is 9.01. The SMILES string of the molecule is Cc1ccc(CNC(=O)C2(N)CCOCC2)c(C)c1.Cl. The highest BCUT2D eigenvalue weighted by molar-refractivity contribution is 5.86. The number of hydrogen-bond acceptors (Lipinski definition) is 3. The molecule has 1 aliphatic rings. The van der Waals surface area contributed by atoms with E-state index in [1.807, 2.05) is 0 Å². The van der Waals surface area contributed by atoms with E-state index in [-0.39, 0.29) is 18.3 Å². The second-order valence-electron chi connectivity index (χ2n) is 5.38. The zero-order valence-corrected chi connectivity index (χ0v) is 12.9. The van der Waals surface area contributed by atoms with Crippen LogP contribution in [-0.4, -0.2) is 24.7 Å². The predicted octanol–water partition coefficient (Wildman–Crippen LogP) is 1.85. The first-order valence-electron chi connectivity index (χ1n) is 6.72. The van der Waals surface area contributed by atoms with Gasteiger partial charge in [-0.1, -0.05) is 23.8 Å². The standard InChI is InChI=1S/C15H22N2O2.ClH/c1-11-3-4-13(12(2)9-11)10-17-14(18)15(16)5-7-19-8-6-15;/h3-4,9H,5-8,10,16H2,1-2H3,(H,17,18);1H. The number of ether oxygens (including phenoxy) is 1. The number of amides is 1. The zero-order valence-electron chi connectivity index (χ0n) is 12.1. The molecule has 5 heteroatoms. The average molecular weight is 299 g/mol. The van der Waals surface area contributed by atoms with Gasteiger partial charge in [0.25, 0.3) is 0 Å². The van der Waals surface area contributed by atoms with Crippen molar-refractivity contribution in [1.29, 1.82) is 0 Å². The number of rotatable bonds is 3. The van der Waals surface area contributed by atoms with Crippen LogP contribution >= 0.6 is 12.4 Å². The van der Waals surface area contributed by atoms with Crippen LogP contribution in [0.15, 0.2) is 18.2 Å². The fraction of sp³-hybridized carbons (Fsp3) is 0.533. The van der Waals surface area contributed by atoms with Crippen LogP contribution in [0.5, 0.6) is 0 Å². The van der Waals surface area contributed by atoms with Gasteiger partial charge < -0.3 is 15.8 Å². The van der Waals surface area contributed by atoms with E-state index >= 15 is 0 Å². The number of aryl methyl sites for hydroxylation is 2. The van der Waals surface area contributed by atoms with Crippen LogP contribution in [0, 0.1) is 13.8 Å². The summed E-state index contributed by atoms with van der Waals surface area (Å²) in [6, 6.07) is 6.23. The lowest BCUT2D eigenvalue weighted by Crippen LogP contribution is -2.56. The summed E-state index contributed by atoms with van der Waals surface area (Å²) >= 11 is 0. The number of benzene rings is 1. The number of carbonyl (C=O) groups is 1. The molecular weight excluding hydrogens is 276 g/mol. The summed E-state index contributed by atoms with van der Waals surface area (Å²) in [6.45, 7) is 5.78. The molecule has 112 valence electrons. The molecule has 0 aromatic heterocycles. The summed E-state index contributed by atoms with van der Waals surface area (Å²) in [6.07, 6.45) is 1.18. The largest absolute Gasteiger partial charge is 0.381 e. The van der Waals surface area contributed by atoms with Crippen LogP contribution in [0.3, 0.4) is 0 Å². The molecule has 20 heavy (non-hydrogen) atoms. The van der Waals surface area contributed by atoms with Crippen LogP contribution in [0.1, 0.15) is 29.5 Å². The molecule has 1 aromatic rings. The Balaban J connectivity index is 0.00000200. The quantitative estimate of drug-likeness (QED) is 0.895. The van der Waals surface area contributed by atoms with Crippen LogP contribution in [0.25, 0.3) is 0 Å². The monoisotopic (exact) mass is 298 g/mol. The molecule has 1 aliphatic heterocycles. The lowest BCUT2D eigenvalue weighted by molar-refractivity contribution is -0.129. The van der Waals surface area contributed by atoms with E-state index in [1.54, 1.807) is 0 Å². The van der Waals surface area contributed by atoms with Crippen molar-refractivity contribution in [3.8, 4) is 0 Å².